The van der Waals surface area contributed by atoms with Crippen LogP contribution in [0.3, 0.4) is 0 Å². The van der Waals surface area contributed by atoms with Gasteiger partial charge >= 0.3 is 0 Å². The van der Waals surface area contributed by atoms with Crippen molar-refractivity contribution in [2.24, 2.45) is 4.99 Å². The van der Waals surface area contributed by atoms with Crippen molar-refractivity contribution in [3.63, 3.8) is 0 Å². The number of benzene rings is 1. The molecule has 0 unspecified atom stereocenters. The maximum atomic E-state index is 4.33. The molecule has 1 heteroatoms. The summed E-state index contributed by atoms with van der Waals surface area (Å²) in [6, 6.07) is 10.2. The van der Waals surface area contributed by atoms with E-state index in [-0.39, 0.29) is 0 Å². The highest BCUT2D eigenvalue weighted by Crippen LogP contribution is 2.09. The largest absolute Gasteiger partial charge is 0.288 e. The first kappa shape index (κ1) is 12.2. The predicted octanol–water partition coefficient (Wildman–Crippen LogP) is 3.79. The van der Waals surface area contributed by atoms with E-state index in [2.05, 4.69) is 30.6 Å². The lowest BCUT2D eigenvalue weighted by atomic mass is 10.0. The molecule has 0 N–H and O–H groups in total. The van der Waals surface area contributed by atoms with Gasteiger partial charge in [0.25, 0.3) is 0 Å². The van der Waals surface area contributed by atoms with Gasteiger partial charge in [0.1, 0.15) is 0 Å². The summed E-state index contributed by atoms with van der Waals surface area (Å²) >= 11 is 0. The number of aliphatic imine (C=N–C) groups is 1. The minimum Gasteiger partial charge on any atom is -0.288 e. The summed E-state index contributed by atoms with van der Waals surface area (Å²) < 4.78 is 0. The van der Waals surface area contributed by atoms with Crippen molar-refractivity contribution in [2.75, 3.05) is 7.05 Å². The highest BCUT2D eigenvalue weighted by atomic mass is 14.7. The summed E-state index contributed by atoms with van der Waals surface area (Å²) in [6.45, 7) is 5.69. The van der Waals surface area contributed by atoms with Crippen LogP contribution < -0.4 is 0 Å². The Morgan fingerprint density at radius 3 is 2.44 bits per heavy atom. The molecule has 1 aromatic rings. The van der Waals surface area contributed by atoms with Gasteiger partial charge in [-0.1, -0.05) is 61.2 Å². The quantitative estimate of drug-likeness (QED) is 0.530. The Balaban J connectivity index is 2.97. The fraction of sp³-hybridized carbons (Fsp3) is 0.133. The number of nitrogens with zero attached hydrogens (tertiary/aromatic N) is 1. The van der Waals surface area contributed by atoms with Crippen molar-refractivity contribution in [1.29, 1.82) is 0 Å². The first-order chi connectivity index (χ1) is 7.79. The van der Waals surface area contributed by atoms with Crippen molar-refractivity contribution in [3.05, 3.63) is 72.4 Å². The molecule has 0 atom stereocenters. The molecule has 0 saturated carbocycles. The van der Waals surface area contributed by atoms with E-state index < -0.39 is 0 Å². The van der Waals surface area contributed by atoms with Gasteiger partial charge in [-0.3, -0.25) is 4.99 Å². The smallest absolute Gasteiger partial charge is 0.0672 e. The van der Waals surface area contributed by atoms with E-state index in [9.17, 15) is 0 Å². The zero-order valence-electron chi connectivity index (χ0n) is 9.85. The Hall–Kier alpha value is -1.89. The van der Waals surface area contributed by atoms with Crippen molar-refractivity contribution >= 4 is 5.71 Å². The molecular formula is C15H17N. The van der Waals surface area contributed by atoms with Gasteiger partial charge in [-0.15, -0.1) is 0 Å². The summed E-state index contributed by atoms with van der Waals surface area (Å²) in [7, 11) is 1.82. The second-order valence-electron chi connectivity index (χ2n) is 3.41. The SMILES string of the molecule is C=C/C=C\C=C(/C)C(=NC)c1ccccc1. The monoisotopic (exact) mass is 211 g/mol. The molecule has 0 radical (unpaired) electrons. The maximum absolute atomic E-state index is 4.33. The van der Waals surface area contributed by atoms with Crippen LogP contribution in [0.2, 0.25) is 0 Å². The number of hydrogen-bond acceptors (Lipinski definition) is 1. The lowest BCUT2D eigenvalue weighted by Gasteiger charge is -2.05. The average Bonchev–Trinajstić information content (AvgIpc) is 2.32. The van der Waals surface area contributed by atoms with Gasteiger partial charge in [0.15, 0.2) is 0 Å². The summed E-state index contributed by atoms with van der Waals surface area (Å²) in [5.41, 5.74) is 3.31. The predicted molar refractivity (Wildman–Crippen MR) is 72.0 cm³/mol. The highest BCUT2D eigenvalue weighted by molar-refractivity contribution is 6.12. The molecule has 0 amide bonds. The average molecular weight is 211 g/mol. The zero-order chi connectivity index (χ0) is 11.8. The van der Waals surface area contributed by atoms with Crippen LogP contribution in [0.15, 0.2) is 71.8 Å². The molecule has 16 heavy (non-hydrogen) atoms. The molecule has 0 heterocycles. The highest BCUT2D eigenvalue weighted by Gasteiger charge is 2.02. The van der Waals surface area contributed by atoms with Crippen LogP contribution in [-0.2, 0) is 0 Å². The van der Waals surface area contributed by atoms with Gasteiger partial charge in [-0.2, -0.15) is 0 Å². The Morgan fingerprint density at radius 1 is 1.19 bits per heavy atom. The molecule has 82 valence electrons. The van der Waals surface area contributed by atoms with E-state index in [1.165, 1.54) is 0 Å². The Kier molecular flexibility index (Phi) is 5.00. The number of allylic oxidation sites excluding steroid dienone is 5. The minimum absolute atomic E-state index is 1.02. The van der Waals surface area contributed by atoms with Crippen molar-refractivity contribution in [1.82, 2.24) is 0 Å². The summed E-state index contributed by atoms with van der Waals surface area (Å²) in [5, 5.41) is 0. The second kappa shape index (κ2) is 6.57. The molecule has 0 aliphatic heterocycles. The molecule has 0 bridgehead atoms. The Bertz CT molecular complexity index is 422. The molecule has 0 aliphatic rings. The van der Waals surface area contributed by atoms with Gasteiger partial charge in [-0.25, -0.2) is 0 Å². The van der Waals surface area contributed by atoms with E-state index in [0.717, 1.165) is 16.8 Å². The van der Waals surface area contributed by atoms with E-state index in [1.54, 1.807) is 6.08 Å². The van der Waals surface area contributed by atoms with Crippen molar-refractivity contribution in [2.45, 2.75) is 6.92 Å². The first-order valence-electron chi connectivity index (χ1n) is 5.28. The van der Waals surface area contributed by atoms with Gasteiger partial charge in [0.05, 0.1) is 5.71 Å². The maximum Gasteiger partial charge on any atom is 0.0672 e. The van der Waals surface area contributed by atoms with E-state index >= 15 is 0 Å². The molecule has 1 aromatic carbocycles. The first-order valence-corrected chi connectivity index (χ1v) is 5.28. The summed E-state index contributed by atoms with van der Waals surface area (Å²) in [5.74, 6) is 0. The topological polar surface area (TPSA) is 12.4 Å². The van der Waals surface area contributed by atoms with Crippen LogP contribution in [0.25, 0.3) is 0 Å². The van der Waals surface area contributed by atoms with Crippen molar-refractivity contribution < 1.29 is 0 Å². The van der Waals surface area contributed by atoms with Gasteiger partial charge in [0.2, 0.25) is 0 Å². The lowest BCUT2D eigenvalue weighted by molar-refractivity contribution is 1.39. The van der Waals surface area contributed by atoms with Crippen LogP contribution >= 0.6 is 0 Å². The zero-order valence-corrected chi connectivity index (χ0v) is 9.85. The number of hydrogen-bond donors (Lipinski definition) is 0. The van der Waals surface area contributed by atoms with Crippen LogP contribution in [-0.4, -0.2) is 12.8 Å². The molecule has 0 aromatic heterocycles. The lowest BCUT2D eigenvalue weighted by Crippen LogP contribution is -2.01. The molecule has 0 saturated heterocycles. The van der Waals surface area contributed by atoms with Crippen LogP contribution in [0, 0.1) is 0 Å². The third-order valence-electron chi connectivity index (χ3n) is 2.24. The number of rotatable bonds is 4. The second-order valence-corrected chi connectivity index (χ2v) is 3.41. The molecular weight excluding hydrogens is 194 g/mol. The standard InChI is InChI=1S/C15H17N/c1-4-5-7-10-13(2)15(16-3)14-11-8-6-9-12-14/h4-12H,1H2,2-3H3/b7-5-,13-10+,16-15?. The molecule has 1 nitrogen and oxygen atoms in total. The minimum atomic E-state index is 1.02. The van der Waals surface area contributed by atoms with E-state index in [1.807, 2.05) is 43.5 Å². The van der Waals surface area contributed by atoms with Gasteiger partial charge < -0.3 is 0 Å². The molecule has 1 rings (SSSR count). The Labute approximate surface area is 97.5 Å². The third kappa shape index (κ3) is 3.35. The van der Waals surface area contributed by atoms with Gasteiger partial charge in [0, 0.05) is 7.05 Å². The third-order valence-corrected chi connectivity index (χ3v) is 2.24. The molecule has 0 spiro atoms. The Morgan fingerprint density at radius 2 is 1.88 bits per heavy atom. The fourth-order valence-corrected chi connectivity index (χ4v) is 1.49. The van der Waals surface area contributed by atoms with E-state index in [4.69, 9.17) is 0 Å². The van der Waals surface area contributed by atoms with Crippen molar-refractivity contribution in [3.8, 4) is 0 Å². The van der Waals surface area contributed by atoms with Gasteiger partial charge in [-0.05, 0) is 18.1 Å². The normalized spacial score (nSPS) is 13.1. The van der Waals surface area contributed by atoms with E-state index in [0.29, 0.717) is 0 Å². The van der Waals surface area contributed by atoms with Crippen LogP contribution in [0.1, 0.15) is 12.5 Å². The van der Waals surface area contributed by atoms with Crippen LogP contribution in [0.5, 0.6) is 0 Å². The molecule has 0 aliphatic carbocycles. The molecule has 0 fully saturated rings. The summed E-state index contributed by atoms with van der Waals surface area (Å²) in [6.07, 6.45) is 7.67. The van der Waals surface area contributed by atoms with Crippen LogP contribution in [0.4, 0.5) is 0 Å². The summed E-state index contributed by atoms with van der Waals surface area (Å²) in [4.78, 5) is 4.33. The fourth-order valence-electron chi connectivity index (χ4n) is 1.49.